The van der Waals surface area contributed by atoms with E-state index in [0.29, 0.717) is 25.7 Å². The molecule has 0 saturated heterocycles. The summed E-state index contributed by atoms with van der Waals surface area (Å²) in [5.41, 5.74) is 0. The largest absolute Gasteiger partial charge is 0.472 e. The minimum Gasteiger partial charge on any atom is -0.462 e. The van der Waals surface area contributed by atoms with Gasteiger partial charge in [0.05, 0.1) is 26.4 Å². The molecule has 0 fully saturated rings. The predicted octanol–water partition coefficient (Wildman–Crippen LogP) is 21.2. The second kappa shape index (κ2) is 66.8. The lowest BCUT2D eigenvalue weighted by Gasteiger charge is -2.21. The predicted molar refractivity (Wildman–Crippen MR) is 377 cm³/mol. The van der Waals surface area contributed by atoms with E-state index in [4.69, 9.17) is 37.0 Å². The van der Waals surface area contributed by atoms with Crippen molar-refractivity contribution in [3.8, 4) is 0 Å². The maximum atomic E-state index is 13.0. The lowest BCUT2D eigenvalue weighted by Crippen LogP contribution is -2.30. The SMILES string of the molecule is CCCCCC/C=C\C=C/CCCCCCCC(=O)O[C@H](COC(=O)CCCCCCCCCCCCCCC(C)C)COP(=O)(O)OC[C@@H](O)COP(=O)(O)OC[C@@H](COC(=O)CCCCCCCCCC)OC(=O)CCCCCCCCCCCCCCCCC. The molecule has 0 aliphatic carbocycles. The molecule has 5 atom stereocenters. The van der Waals surface area contributed by atoms with Crippen molar-refractivity contribution in [1.82, 2.24) is 0 Å². The highest BCUT2D eigenvalue weighted by atomic mass is 31.2. The van der Waals surface area contributed by atoms with Crippen LogP contribution in [0, 0.1) is 5.92 Å². The van der Waals surface area contributed by atoms with E-state index in [9.17, 15) is 43.2 Å². The van der Waals surface area contributed by atoms with Crippen molar-refractivity contribution in [3.05, 3.63) is 24.3 Å². The van der Waals surface area contributed by atoms with Gasteiger partial charge in [0.1, 0.15) is 19.3 Å². The number of rotatable bonds is 72. The number of hydrogen-bond donors (Lipinski definition) is 3. The zero-order valence-corrected chi connectivity index (χ0v) is 61.7. The topological polar surface area (TPSA) is 237 Å². The van der Waals surface area contributed by atoms with Crippen LogP contribution in [0.15, 0.2) is 24.3 Å². The number of hydrogen-bond acceptors (Lipinski definition) is 15. The highest BCUT2D eigenvalue weighted by molar-refractivity contribution is 7.47. The van der Waals surface area contributed by atoms with Crippen molar-refractivity contribution in [1.29, 1.82) is 0 Å². The van der Waals surface area contributed by atoms with E-state index >= 15 is 0 Å². The molecule has 0 rings (SSSR count). The summed E-state index contributed by atoms with van der Waals surface area (Å²) in [6.07, 6.45) is 57.6. The Bertz CT molecular complexity index is 1880. The molecular formula is C74H140O17P2. The van der Waals surface area contributed by atoms with Gasteiger partial charge in [-0.3, -0.25) is 37.3 Å². The van der Waals surface area contributed by atoms with Crippen molar-refractivity contribution < 1.29 is 80.2 Å². The molecule has 0 spiro atoms. The summed E-state index contributed by atoms with van der Waals surface area (Å²) in [7, 11) is -9.92. The lowest BCUT2D eigenvalue weighted by molar-refractivity contribution is -0.161. The number of carbonyl (C=O) groups excluding carboxylic acids is 4. The van der Waals surface area contributed by atoms with Gasteiger partial charge in [0.15, 0.2) is 12.2 Å². The van der Waals surface area contributed by atoms with Crippen LogP contribution in [0.1, 0.15) is 362 Å². The Morgan fingerprint density at radius 2 is 0.581 bits per heavy atom. The monoisotopic (exact) mass is 1360 g/mol. The standard InChI is InChI=1S/C74H140O17P2/c1-6-9-12-15-18-21-23-25-27-29-35-39-44-49-54-59-73(78)90-69(63-84-71(76)57-52-47-42-20-17-14-11-8-3)65-88-92(80,81)86-61-68(75)62-87-93(82,83)89-66-70(91-74(79)60-55-50-45-40-36-30-28-26-24-22-19-16-13-10-7-2)64-85-72(77)58-53-48-43-38-34-32-31-33-37-41-46-51-56-67(4)5/h22,24,26,28,67-70,75H,6-21,23,25,27,29-66H2,1-5H3,(H,80,81)(H,82,83)/b24-22-,28-26-/t68-,69+,70+/m0/s1. The fourth-order valence-corrected chi connectivity index (χ4v) is 12.4. The zero-order valence-electron chi connectivity index (χ0n) is 59.9. The average molecular weight is 1360 g/mol. The van der Waals surface area contributed by atoms with Gasteiger partial charge in [-0.15, -0.1) is 0 Å². The van der Waals surface area contributed by atoms with Crippen LogP contribution in [0.25, 0.3) is 0 Å². The molecule has 0 aliphatic heterocycles. The molecule has 3 N–H and O–H groups in total. The first-order valence-corrected chi connectivity index (χ1v) is 40.9. The van der Waals surface area contributed by atoms with Crippen molar-refractivity contribution >= 4 is 39.5 Å². The maximum absolute atomic E-state index is 13.0. The third-order valence-corrected chi connectivity index (χ3v) is 18.6. The smallest absolute Gasteiger partial charge is 0.462 e. The van der Waals surface area contributed by atoms with Crippen LogP contribution >= 0.6 is 15.6 Å². The molecule has 2 unspecified atom stereocenters. The Balaban J connectivity index is 5.25. The number of aliphatic hydroxyl groups excluding tert-OH is 1. The summed E-state index contributed by atoms with van der Waals surface area (Å²) in [6, 6.07) is 0. The Kier molecular flexibility index (Phi) is 65.0. The summed E-state index contributed by atoms with van der Waals surface area (Å²) >= 11 is 0. The Hall–Kier alpha value is -2.46. The van der Waals surface area contributed by atoms with E-state index < -0.39 is 97.5 Å². The summed E-state index contributed by atoms with van der Waals surface area (Å²) in [5.74, 6) is -1.37. The van der Waals surface area contributed by atoms with Crippen molar-refractivity contribution in [2.75, 3.05) is 39.6 Å². The minimum absolute atomic E-state index is 0.0853. The molecule has 93 heavy (non-hydrogen) atoms. The number of phosphoric ester groups is 2. The average Bonchev–Trinajstić information content (AvgIpc) is 1.69. The normalized spacial score (nSPS) is 14.2. The fourth-order valence-electron chi connectivity index (χ4n) is 10.8. The van der Waals surface area contributed by atoms with E-state index in [-0.39, 0.29) is 25.7 Å². The zero-order chi connectivity index (χ0) is 68.4. The molecule has 0 saturated carbocycles. The molecule has 19 heteroatoms. The van der Waals surface area contributed by atoms with Gasteiger partial charge in [-0.1, -0.05) is 309 Å². The summed E-state index contributed by atoms with van der Waals surface area (Å²) in [4.78, 5) is 72.6. The molecule has 548 valence electrons. The highest BCUT2D eigenvalue weighted by Gasteiger charge is 2.30. The summed E-state index contributed by atoms with van der Waals surface area (Å²) in [6.45, 7) is 7.20. The minimum atomic E-state index is -4.96. The number of ether oxygens (including phenoxy) is 4. The van der Waals surface area contributed by atoms with E-state index in [2.05, 4.69) is 58.9 Å². The number of esters is 4. The van der Waals surface area contributed by atoms with Gasteiger partial charge in [0.2, 0.25) is 0 Å². The first-order valence-electron chi connectivity index (χ1n) is 38.0. The van der Waals surface area contributed by atoms with Gasteiger partial charge < -0.3 is 33.8 Å². The van der Waals surface area contributed by atoms with Crippen LogP contribution in [0.2, 0.25) is 0 Å². The van der Waals surface area contributed by atoms with Crippen LogP contribution in [-0.2, 0) is 65.4 Å². The van der Waals surface area contributed by atoms with E-state index in [0.717, 1.165) is 115 Å². The molecule has 0 aromatic rings. The lowest BCUT2D eigenvalue weighted by atomic mass is 10.0. The first kappa shape index (κ1) is 90.5. The molecule has 0 amide bonds. The van der Waals surface area contributed by atoms with E-state index in [1.165, 1.54) is 167 Å². The van der Waals surface area contributed by atoms with Crippen LogP contribution in [0.3, 0.4) is 0 Å². The molecule has 0 aromatic carbocycles. The van der Waals surface area contributed by atoms with Gasteiger partial charge in [-0.25, -0.2) is 9.13 Å². The van der Waals surface area contributed by atoms with E-state index in [1.807, 2.05) is 0 Å². The van der Waals surface area contributed by atoms with Gasteiger partial charge in [-0.05, 0) is 57.3 Å². The van der Waals surface area contributed by atoms with Crippen LogP contribution in [-0.4, -0.2) is 96.7 Å². The Morgan fingerprint density at radius 3 is 0.882 bits per heavy atom. The van der Waals surface area contributed by atoms with E-state index in [1.54, 1.807) is 0 Å². The van der Waals surface area contributed by atoms with Crippen molar-refractivity contribution in [2.45, 2.75) is 380 Å². The molecule has 0 radical (unpaired) electrons. The first-order chi connectivity index (χ1) is 45.0. The van der Waals surface area contributed by atoms with Crippen LogP contribution in [0.5, 0.6) is 0 Å². The quantitative estimate of drug-likeness (QED) is 0.0169. The molecular weight excluding hydrogens is 1220 g/mol. The number of carbonyl (C=O) groups is 4. The summed E-state index contributed by atoms with van der Waals surface area (Å²) < 4.78 is 68.3. The second-order valence-corrected chi connectivity index (χ2v) is 29.4. The second-order valence-electron chi connectivity index (χ2n) is 26.5. The molecule has 0 bridgehead atoms. The molecule has 0 aliphatic rings. The number of unbranched alkanes of at least 4 members (excludes halogenated alkanes) is 41. The highest BCUT2D eigenvalue weighted by Crippen LogP contribution is 2.45. The van der Waals surface area contributed by atoms with Gasteiger partial charge in [0.25, 0.3) is 0 Å². The molecule has 17 nitrogen and oxygen atoms in total. The Morgan fingerprint density at radius 1 is 0.333 bits per heavy atom. The molecule has 0 heterocycles. The number of aliphatic hydroxyl groups is 1. The third kappa shape index (κ3) is 67.9. The van der Waals surface area contributed by atoms with Crippen LogP contribution in [0.4, 0.5) is 0 Å². The van der Waals surface area contributed by atoms with Gasteiger partial charge >= 0.3 is 39.5 Å². The van der Waals surface area contributed by atoms with Crippen molar-refractivity contribution in [3.63, 3.8) is 0 Å². The van der Waals surface area contributed by atoms with Gasteiger partial charge in [-0.2, -0.15) is 0 Å². The Labute approximate surface area is 567 Å². The van der Waals surface area contributed by atoms with Crippen LogP contribution < -0.4 is 0 Å². The van der Waals surface area contributed by atoms with Crippen molar-refractivity contribution in [2.24, 2.45) is 5.92 Å². The molecule has 0 aromatic heterocycles. The van der Waals surface area contributed by atoms with Gasteiger partial charge in [0, 0.05) is 25.7 Å². The third-order valence-electron chi connectivity index (χ3n) is 16.7. The number of allylic oxidation sites excluding steroid dienone is 4. The maximum Gasteiger partial charge on any atom is 0.472 e. The number of phosphoric acid groups is 2. The fraction of sp³-hybridized carbons (Fsp3) is 0.892. The summed E-state index contributed by atoms with van der Waals surface area (Å²) in [5, 5.41) is 10.6.